The number of rotatable bonds is 5. The molecule has 0 aliphatic heterocycles. The van der Waals surface area contributed by atoms with Crippen LogP contribution in [0.15, 0.2) is 188 Å². The van der Waals surface area contributed by atoms with Crippen LogP contribution in [0.4, 0.5) is 5.69 Å². The van der Waals surface area contributed by atoms with Crippen LogP contribution in [0.5, 0.6) is 0 Å². The van der Waals surface area contributed by atoms with Gasteiger partial charge in [0.25, 0.3) is 0 Å². The SMILES string of the molecule is [C-]#[N+]c1ccc2c(c1)c1cc(-c3ccc4c(c3)C(C)(C)c3cc(-c5nc(-c6cccc7ccccc67)nc(-c6cccc7ccccc67)n5)ccc3-4)ccc1n2-c1ccccc1. The van der Waals surface area contributed by atoms with Crippen LogP contribution in [0.1, 0.15) is 25.0 Å². The summed E-state index contributed by atoms with van der Waals surface area (Å²) < 4.78 is 2.30. The van der Waals surface area contributed by atoms with E-state index in [-0.39, 0.29) is 5.41 Å². The van der Waals surface area contributed by atoms with Gasteiger partial charge in [-0.3, -0.25) is 0 Å². The minimum atomic E-state index is -0.293. The van der Waals surface area contributed by atoms with Crippen molar-refractivity contribution in [1.29, 1.82) is 0 Å². The van der Waals surface area contributed by atoms with Gasteiger partial charge in [0.05, 0.1) is 17.6 Å². The van der Waals surface area contributed by atoms with Crippen molar-refractivity contribution in [3.63, 3.8) is 0 Å². The maximum Gasteiger partial charge on any atom is 0.188 e. The third kappa shape index (κ3) is 5.51. The van der Waals surface area contributed by atoms with E-state index in [4.69, 9.17) is 21.5 Å². The van der Waals surface area contributed by atoms with Crippen molar-refractivity contribution in [3.8, 4) is 62.1 Å². The lowest BCUT2D eigenvalue weighted by Gasteiger charge is -2.22. The van der Waals surface area contributed by atoms with E-state index >= 15 is 0 Å². The summed E-state index contributed by atoms with van der Waals surface area (Å²) in [5.74, 6) is 1.94. The normalized spacial score (nSPS) is 12.8. The van der Waals surface area contributed by atoms with E-state index in [0.717, 1.165) is 76.9 Å². The first-order valence-corrected chi connectivity index (χ1v) is 21.0. The minimum Gasteiger partial charge on any atom is -0.309 e. The van der Waals surface area contributed by atoms with Crippen LogP contribution < -0.4 is 0 Å². The monoisotopic (exact) mass is 791 g/mol. The van der Waals surface area contributed by atoms with Crippen molar-refractivity contribution in [1.82, 2.24) is 19.5 Å². The number of hydrogen-bond acceptors (Lipinski definition) is 3. The highest BCUT2D eigenvalue weighted by Gasteiger charge is 2.36. The molecule has 290 valence electrons. The second-order valence-corrected chi connectivity index (χ2v) is 16.7. The zero-order valence-electron chi connectivity index (χ0n) is 34.1. The van der Waals surface area contributed by atoms with Gasteiger partial charge in [-0.1, -0.05) is 153 Å². The van der Waals surface area contributed by atoms with E-state index in [9.17, 15) is 0 Å². The highest BCUT2D eigenvalue weighted by Crippen LogP contribution is 2.51. The topological polar surface area (TPSA) is 48.0 Å². The predicted octanol–water partition coefficient (Wildman–Crippen LogP) is 14.8. The number of benzene rings is 9. The first kappa shape index (κ1) is 35.7. The second kappa shape index (κ2) is 13.7. The third-order valence-electron chi connectivity index (χ3n) is 12.9. The molecule has 5 heteroatoms. The molecule has 1 aliphatic rings. The molecule has 12 rings (SSSR count). The Morgan fingerprint density at radius 1 is 0.419 bits per heavy atom. The average molecular weight is 792 g/mol. The maximum atomic E-state index is 7.75. The summed E-state index contributed by atoms with van der Waals surface area (Å²) in [7, 11) is 0. The summed E-state index contributed by atoms with van der Waals surface area (Å²) in [5.41, 5.74) is 13.8. The van der Waals surface area contributed by atoms with Crippen LogP contribution in [0.2, 0.25) is 0 Å². The fourth-order valence-electron chi connectivity index (χ4n) is 9.76. The molecule has 0 unspecified atom stereocenters. The van der Waals surface area contributed by atoms with Gasteiger partial charge in [-0.15, -0.1) is 0 Å². The van der Waals surface area contributed by atoms with Crippen molar-refractivity contribution < 1.29 is 0 Å². The van der Waals surface area contributed by atoms with E-state index in [1.165, 1.54) is 22.3 Å². The molecule has 11 aromatic rings. The van der Waals surface area contributed by atoms with Gasteiger partial charge in [-0.05, 0) is 109 Å². The van der Waals surface area contributed by atoms with Gasteiger partial charge in [-0.2, -0.15) is 0 Å². The molecule has 1 aliphatic carbocycles. The molecule has 9 aromatic carbocycles. The Hall–Kier alpha value is -8.20. The standard InChI is InChI=1S/C57H37N5/c1-57(2)50-32-38(37-25-29-52-48(31-37)49-34-40(58-3)26-30-53(49)62(52)41-17-5-4-6-18-41)23-27-44(50)45-28-24-39(33-51(45)57)54-59-55(46-21-11-15-35-13-7-9-19-42(35)46)61-56(60-54)47-22-12-16-36-14-8-10-20-43(36)47/h4-34H,1-2H3. The lowest BCUT2D eigenvalue weighted by Crippen LogP contribution is -2.15. The number of aromatic nitrogens is 4. The largest absolute Gasteiger partial charge is 0.309 e. The molecular weight excluding hydrogens is 755 g/mol. The van der Waals surface area contributed by atoms with E-state index < -0.39 is 0 Å². The molecule has 62 heavy (non-hydrogen) atoms. The quantitative estimate of drug-likeness (QED) is 0.163. The smallest absolute Gasteiger partial charge is 0.188 e. The molecule has 2 heterocycles. The van der Waals surface area contributed by atoms with E-state index in [1.54, 1.807) is 0 Å². The van der Waals surface area contributed by atoms with Crippen molar-refractivity contribution in [2.75, 3.05) is 0 Å². The van der Waals surface area contributed by atoms with Gasteiger partial charge < -0.3 is 4.57 Å². The number of para-hydroxylation sites is 1. The first-order chi connectivity index (χ1) is 30.4. The number of fused-ring (bicyclic) bond motifs is 8. The molecule has 0 fully saturated rings. The minimum absolute atomic E-state index is 0.293. The molecule has 5 nitrogen and oxygen atoms in total. The molecule has 0 N–H and O–H groups in total. The molecule has 0 saturated carbocycles. The van der Waals surface area contributed by atoms with Crippen LogP contribution >= 0.6 is 0 Å². The molecule has 0 bridgehead atoms. The van der Waals surface area contributed by atoms with Crippen molar-refractivity contribution in [2.45, 2.75) is 19.3 Å². The number of nitrogens with zero attached hydrogens (tertiary/aromatic N) is 5. The molecular formula is C57H37N5. The Bertz CT molecular complexity index is 3580. The van der Waals surface area contributed by atoms with E-state index in [2.05, 4.69) is 193 Å². The van der Waals surface area contributed by atoms with Crippen molar-refractivity contribution >= 4 is 49.0 Å². The van der Waals surface area contributed by atoms with E-state index in [1.807, 2.05) is 18.2 Å². The van der Waals surface area contributed by atoms with Crippen LogP contribution in [-0.2, 0) is 5.41 Å². The van der Waals surface area contributed by atoms with Gasteiger partial charge in [0.1, 0.15) is 0 Å². The van der Waals surface area contributed by atoms with Crippen molar-refractivity contribution in [3.05, 3.63) is 211 Å². The molecule has 0 amide bonds. The molecule has 0 atom stereocenters. The van der Waals surface area contributed by atoms with E-state index in [0.29, 0.717) is 23.2 Å². The zero-order chi connectivity index (χ0) is 41.5. The first-order valence-electron chi connectivity index (χ1n) is 21.0. The fourth-order valence-corrected chi connectivity index (χ4v) is 9.76. The average Bonchev–Trinajstić information content (AvgIpc) is 3.77. The Kier molecular flexibility index (Phi) is 7.88. The molecule has 0 radical (unpaired) electrons. The second-order valence-electron chi connectivity index (χ2n) is 16.7. The van der Waals surface area contributed by atoms with Gasteiger partial charge in [0.15, 0.2) is 23.2 Å². The van der Waals surface area contributed by atoms with Gasteiger partial charge in [0.2, 0.25) is 0 Å². The predicted molar refractivity (Wildman–Crippen MR) is 255 cm³/mol. The fraction of sp³-hybridized carbons (Fsp3) is 0.0526. The third-order valence-corrected chi connectivity index (χ3v) is 12.9. The van der Waals surface area contributed by atoms with Gasteiger partial charge in [0, 0.05) is 33.2 Å². The van der Waals surface area contributed by atoms with Crippen LogP contribution in [0.3, 0.4) is 0 Å². The Morgan fingerprint density at radius 2 is 0.919 bits per heavy atom. The number of hydrogen-bond donors (Lipinski definition) is 0. The summed E-state index contributed by atoms with van der Waals surface area (Å²) >= 11 is 0. The van der Waals surface area contributed by atoms with Crippen LogP contribution in [0, 0.1) is 6.57 Å². The van der Waals surface area contributed by atoms with Crippen LogP contribution in [-0.4, -0.2) is 19.5 Å². The summed E-state index contributed by atoms with van der Waals surface area (Å²) in [6.45, 7) is 12.4. The highest BCUT2D eigenvalue weighted by molar-refractivity contribution is 6.11. The summed E-state index contributed by atoms with van der Waals surface area (Å²) in [6, 6.07) is 66.3. The maximum absolute atomic E-state index is 7.75. The summed E-state index contributed by atoms with van der Waals surface area (Å²) in [5, 5.41) is 6.69. The Labute approximate surface area is 359 Å². The molecule has 2 aromatic heterocycles. The lowest BCUT2D eigenvalue weighted by molar-refractivity contribution is 0.661. The van der Waals surface area contributed by atoms with Gasteiger partial charge >= 0.3 is 0 Å². The summed E-state index contributed by atoms with van der Waals surface area (Å²) in [6.07, 6.45) is 0. The summed E-state index contributed by atoms with van der Waals surface area (Å²) in [4.78, 5) is 19.5. The van der Waals surface area contributed by atoms with Gasteiger partial charge in [-0.25, -0.2) is 19.8 Å². The molecule has 0 saturated heterocycles. The Morgan fingerprint density at radius 3 is 1.56 bits per heavy atom. The molecule has 0 spiro atoms. The van der Waals surface area contributed by atoms with Crippen molar-refractivity contribution in [2.24, 2.45) is 0 Å². The Balaban J connectivity index is 0.978. The lowest BCUT2D eigenvalue weighted by atomic mass is 9.81. The van der Waals surface area contributed by atoms with Crippen LogP contribution in [0.25, 0.3) is 110 Å². The highest BCUT2D eigenvalue weighted by atomic mass is 15.0. The zero-order valence-corrected chi connectivity index (χ0v) is 34.1.